The van der Waals surface area contributed by atoms with Gasteiger partial charge in [0.2, 0.25) is 0 Å². The third kappa shape index (κ3) is 6.07. The summed E-state index contributed by atoms with van der Waals surface area (Å²) in [6, 6.07) is 26.1. The van der Waals surface area contributed by atoms with E-state index in [1.807, 2.05) is 73.8 Å². The van der Waals surface area contributed by atoms with Crippen molar-refractivity contribution in [1.29, 1.82) is 0 Å². The van der Waals surface area contributed by atoms with Crippen molar-refractivity contribution in [3.05, 3.63) is 106 Å². The second kappa shape index (κ2) is 9.52. The molecule has 0 unspecified atom stereocenters. The molecule has 1 N–H and O–H groups in total. The summed E-state index contributed by atoms with van der Waals surface area (Å²) >= 11 is 5.91. The van der Waals surface area contributed by atoms with Crippen LogP contribution in [0, 0.1) is 0 Å². The molecule has 0 bridgehead atoms. The molecule has 27 heavy (non-hydrogen) atoms. The molecular formula is C24H24ClNO. The second-order valence-electron chi connectivity index (χ2n) is 6.75. The van der Waals surface area contributed by atoms with Gasteiger partial charge in [0.1, 0.15) is 0 Å². The van der Waals surface area contributed by atoms with Crippen LogP contribution in [0.15, 0.2) is 78.9 Å². The lowest BCUT2D eigenvalue weighted by atomic mass is 10.1. The van der Waals surface area contributed by atoms with Crippen molar-refractivity contribution in [1.82, 2.24) is 4.90 Å². The third-order valence-electron chi connectivity index (χ3n) is 4.44. The minimum Gasteiger partial charge on any atom is -0.387 e. The Kier molecular flexibility index (Phi) is 6.83. The molecule has 0 aromatic heterocycles. The standard InChI is InChI=1S/C24H24ClNO/c1-26(17-21-5-3-2-4-6-21)18-24(27)22-13-9-19(10-14-22)7-8-20-11-15-23(25)16-12-20/h2-16,24,27H,17-18H2,1H3/b8-7+/t24-/m0/s1. The number of hydrogen-bond acceptors (Lipinski definition) is 2. The Morgan fingerprint density at radius 2 is 1.41 bits per heavy atom. The first-order chi connectivity index (χ1) is 13.1. The van der Waals surface area contributed by atoms with Gasteiger partial charge in [-0.3, -0.25) is 4.90 Å². The highest BCUT2D eigenvalue weighted by Gasteiger charge is 2.10. The first-order valence-electron chi connectivity index (χ1n) is 9.04. The highest BCUT2D eigenvalue weighted by molar-refractivity contribution is 6.30. The van der Waals surface area contributed by atoms with Crippen molar-refractivity contribution < 1.29 is 5.11 Å². The zero-order chi connectivity index (χ0) is 19.1. The minimum absolute atomic E-state index is 0.506. The molecule has 3 aromatic rings. The summed E-state index contributed by atoms with van der Waals surface area (Å²) in [6.45, 7) is 1.41. The summed E-state index contributed by atoms with van der Waals surface area (Å²) < 4.78 is 0. The molecule has 3 rings (SSSR count). The van der Waals surface area contributed by atoms with Gasteiger partial charge in [-0.1, -0.05) is 90.5 Å². The average molecular weight is 378 g/mol. The van der Waals surface area contributed by atoms with Gasteiger partial charge in [0, 0.05) is 18.1 Å². The Bertz CT molecular complexity index is 857. The maximum atomic E-state index is 10.5. The van der Waals surface area contributed by atoms with Gasteiger partial charge in [-0.25, -0.2) is 0 Å². The van der Waals surface area contributed by atoms with Crippen LogP contribution in [0.5, 0.6) is 0 Å². The van der Waals surface area contributed by atoms with E-state index in [4.69, 9.17) is 11.6 Å². The van der Waals surface area contributed by atoms with E-state index in [1.165, 1.54) is 5.56 Å². The fourth-order valence-electron chi connectivity index (χ4n) is 2.96. The summed E-state index contributed by atoms with van der Waals surface area (Å²) in [4.78, 5) is 2.13. The van der Waals surface area contributed by atoms with Crippen LogP contribution in [-0.2, 0) is 6.54 Å². The van der Waals surface area contributed by atoms with E-state index in [0.717, 1.165) is 28.3 Å². The predicted octanol–water partition coefficient (Wildman–Crippen LogP) is 5.68. The monoisotopic (exact) mass is 377 g/mol. The molecule has 0 aliphatic rings. The number of aliphatic hydroxyl groups excluding tert-OH is 1. The van der Waals surface area contributed by atoms with Crippen LogP contribution >= 0.6 is 11.6 Å². The van der Waals surface area contributed by atoms with Crippen LogP contribution in [-0.4, -0.2) is 23.6 Å². The summed E-state index contributed by atoms with van der Waals surface area (Å²) in [7, 11) is 2.03. The van der Waals surface area contributed by atoms with Crippen LogP contribution in [0.2, 0.25) is 5.02 Å². The van der Waals surface area contributed by atoms with Crippen LogP contribution in [0.1, 0.15) is 28.4 Å². The average Bonchev–Trinajstić information content (AvgIpc) is 2.68. The maximum Gasteiger partial charge on any atom is 0.0916 e. The van der Waals surface area contributed by atoms with E-state index >= 15 is 0 Å². The van der Waals surface area contributed by atoms with Gasteiger partial charge in [0.05, 0.1) is 6.10 Å². The number of benzene rings is 3. The fourth-order valence-corrected chi connectivity index (χ4v) is 3.08. The van der Waals surface area contributed by atoms with Crippen molar-refractivity contribution in [3.8, 4) is 0 Å². The SMILES string of the molecule is CN(Cc1ccccc1)C[C@H](O)c1ccc(/C=C/c2ccc(Cl)cc2)cc1. The molecule has 1 atom stereocenters. The Hall–Kier alpha value is -2.39. The van der Waals surface area contributed by atoms with Crippen LogP contribution in [0.25, 0.3) is 12.2 Å². The molecule has 3 heteroatoms. The molecule has 0 saturated heterocycles. The highest BCUT2D eigenvalue weighted by atomic mass is 35.5. The quantitative estimate of drug-likeness (QED) is 0.536. The molecule has 0 fully saturated rings. The Morgan fingerprint density at radius 3 is 2.00 bits per heavy atom. The second-order valence-corrected chi connectivity index (χ2v) is 7.19. The number of aliphatic hydroxyl groups is 1. The van der Waals surface area contributed by atoms with E-state index in [0.29, 0.717) is 6.54 Å². The molecule has 138 valence electrons. The summed E-state index contributed by atoms with van der Waals surface area (Å²) in [5.74, 6) is 0. The number of halogens is 1. The molecule has 2 nitrogen and oxygen atoms in total. The zero-order valence-corrected chi connectivity index (χ0v) is 16.2. The lowest BCUT2D eigenvalue weighted by Gasteiger charge is -2.21. The first kappa shape index (κ1) is 19.4. The number of rotatable bonds is 7. The highest BCUT2D eigenvalue weighted by Crippen LogP contribution is 2.18. The third-order valence-corrected chi connectivity index (χ3v) is 4.69. The van der Waals surface area contributed by atoms with Crippen LogP contribution in [0.3, 0.4) is 0 Å². The maximum absolute atomic E-state index is 10.5. The molecule has 3 aromatic carbocycles. The lowest BCUT2D eigenvalue weighted by molar-refractivity contribution is 0.124. The lowest BCUT2D eigenvalue weighted by Crippen LogP contribution is -2.24. The molecule has 0 spiro atoms. The molecule has 0 radical (unpaired) electrons. The van der Waals surface area contributed by atoms with Gasteiger partial charge in [0.25, 0.3) is 0 Å². The van der Waals surface area contributed by atoms with Crippen molar-refractivity contribution >= 4 is 23.8 Å². The smallest absolute Gasteiger partial charge is 0.0916 e. The van der Waals surface area contributed by atoms with E-state index in [1.54, 1.807) is 0 Å². The van der Waals surface area contributed by atoms with Gasteiger partial charge in [-0.05, 0) is 41.4 Å². The Labute approximate surface area is 166 Å². The molecule has 0 aliphatic heterocycles. The normalized spacial score (nSPS) is 12.6. The van der Waals surface area contributed by atoms with Gasteiger partial charge >= 0.3 is 0 Å². The largest absolute Gasteiger partial charge is 0.387 e. The van der Waals surface area contributed by atoms with Gasteiger partial charge in [-0.15, -0.1) is 0 Å². The van der Waals surface area contributed by atoms with E-state index in [-0.39, 0.29) is 0 Å². The zero-order valence-electron chi connectivity index (χ0n) is 15.4. The van der Waals surface area contributed by atoms with Gasteiger partial charge < -0.3 is 5.11 Å². The minimum atomic E-state index is -0.506. The van der Waals surface area contributed by atoms with Crippen LogP contribution in [0.4, 0.5) is 0 Å². The molecule has 0 aliphatic carbocycles. The topological polar surface area (TPSA) is 23.5 Å². The van der Waals surface area contributed by atoms with Crippen LogP contribution < -0.4 is 0 Å². The van der Waals surface area contributed by atoms with Crippen molar-refractivity contribution in [2.24, 2.45) is 0 Å². The van der Waals surface area contributed by atoms with E-state index in [2.05, 4.69) is 29.2 Å². The van der Waals surface area contributed by atoms with Crippen molar-refractivity contribution in [2.45, 2.75) is 12.6 Å². The molecule has 0 saturated carbocycles. The number of nitrogens with zero attached hydrogens (tertiary/aromatic N) is 1. The summed E-state index contributed by atoms with van der Waals surface area (Å²) in [5, 5.41) is 11.3. The molecule has 0 heterocycles. The molecular weight excluding hydrogens is 354 g/mol. The fraction of sp³-hybridized carbons (Fsp3) is 0.167. The number of likely N-dealkylation sites (N-methyl/N-ethyl adjacent to an activating group) is 1. The van der Waals surface area contributed by atoms with E-state index < -0.39 is 6.10 Å². The Morgan fingerprint density at radius 1 is 0.852 bits per heavy atom. The van der Waals surface area contributed by atoms with E-state index in [9.17, 15) is 5.11 Å². The summed E-state index contributed by atoms with van der Waals surface area (Å²) in [6.07, 6.45) is 3.60. The predicted molar refractivity (Wildman–Crippen MR) is 115 cm³/mol. The van der Waals surface area contributed by atoms with Crippen molar-refractivity contribution in [3.63, 3.8) is 0 Å². The Balaban J connectivity index is 1.56. The number of hydrogen-bond donors (Lipinski definition) is 1. The van der Waals surface area contributed by atoms with Gasteiger partial charge in [-0.2, -0.15) is 0 Å². The first-order valence-corrected chi connectivity index (χ1v) is 9.42. The summed E-state index contributed by atoms with van der Waals surface area (Å²) in [5.41, 5.74) is 4.37. The van der Waals surface area contributed by atoms with Crippen molar-refractivity contribution in [2.75, 3.05) is 13.6 Å². The molecule has 0 amide bonds. The van der Waals surface area contributed by atoms with Gasteiger partial charge in [0.15, 0.2) is 0 Å².